The van der Waals surface area contributed by atoms with Gasteiger partial charge in [-0.1, -0.05) is 78.9 Å². The minimum absolute atomic E-state index is 0.0862. The number of carbonyl (C=O) groups excluding carboxylic acids is 1. The molecule has 0 amide bonds. The highest BCUT2D eigenvalue weighted by molar-refractivity contribution is 6.36. The van der Waals surface area contributed by atoms with Gasteiger partial charge in [0.1, 0.15) is 18.1 Å². The van der Waals surface area contributed by atoms with Crippen LogP contribution in [-0.4, -0.2) is 13.3 Å². The molecule has 3 nitrogen and oxygen atoms in total. The SMILES string of the molecule is O=C(C=Cc1ccc(OCc2ccccc2)cc1)c1ccc2ccccc2c1OB(F)F. The van der Waals surface area contributed by atoms with Gasteiger partial charge in [0.2, 0.25) is 0 Å². The van der Waals surface area contributed by atoms with Crippen molar-refractivity contribution < 1.29 is 22.8 Å². The summed E-state index contributed by atoms with van der Waals surface area (Å²) in [5, 5.41) is 1.18. The predicted molar refractivity (Wildman–Crippen MR) is 123 cm³/mol. The van der Waals surface area contributed by atoms with Crippen LogP contribution in [0.2, 0.25) is 0 Å². The number of allylic oxidation sites excluding steroid dienone is 1. The Labute approximate surface area is 185 Å². The smallest absolute Gasteiger partial charge is 0.504 e. The largest absolute Gasteiger partial charge is 0.796 e. The second kappa shape index (κ2) is 9.92. The standard InChI is InChI=1S/C26H19BF2O3/c28-27(29)32-26-23-9-5-4-8-21(23)13-16-24(26)25(30)17-12-19-10-14-22(15-11-19)31-18-20-6-2-1-3-7-20/h1-17H,18H2. The monoisotopic (exact) mass is 428 g/mol. The van der Waals surface area contributed by atoms with Crippen LogP contribution in [0.4, 0.5) is 8.63 Å². The average Bonchev–Trinajstić information content (AvgIpc) is 2.82. The Balaban J connectivity index is 1.49. The molecule has 6 heteroatoms. The Hall–Kier alpha value is -3.93. The number of hydrogen-bond acceptors (Lipinski definition) is 3. The van der Waals surface area contributed by atoms with Gasteiger partial charge in [0.05, 0.1) is 5.56 Å². The molecule has 4 rings (SSSR count). The van der Waals surface area contributed by atoms with E-state index in [-0.39, 0.29) is 11.3 Å². The molecule has 0 saturated carbocycles. The Morgan fingerprint density at radius 1 is 0.844 bits per heavy atom. The molecule has 158 valence electrons. The van der Waals surface area contributed by atoms with E-state index in [1.807, 2.05) is 54.6 Å². The third-order valence-corrected chi connectivity index (χ3v) is 4.91. The normalized spacial score (nSPS) is 10.9. The third kappa shape index (κ3) is 5.21. The molecule has 0 heterocycles. The van der Waals surface area contributed by atoms with Gasteiger partial charge < -0.3 is 9.39 Å². The molecule has 0 N–H and O–H groups in total. The van der Waals surface area contributed by atoms with Gasteiger partial charge in [-0.05, 0) is 40.8 Å². The van der Waals surface area contributed by atoms with E-state index in [0.29, 0.717) is 17.7 Å². The summed E-state index contributed by atoms with van der Waals surface area (Å²) >= 11 is 0. The van der Waals surface area contributed by atoms with Gasteiger partial charge in [0.15, 0.2) is 5.78 Å². The highest BCUT2D eigenvalue weighted by Gasteiger charge is 2.23. The summed E-state index contributed by atoms with van der Waals surface area (Å²) in [4.78, 5) is 12.8. The Morgan fingerprint density at radius 3 is 2.31 bits per heavy atom. The van der Waals surface area contributed by atoms with E-state index in [1.165, 1.54) is 12.1 Å². The highest BCUT2D eigenvalue weighted by atomic mass is 19.2. The number of benzene rings is 4. The Morgan fingerprint density at radius 2 is 1.56 bits per heavy atom. The maximum Gasteiger partial charge on any atom is 0.796 e. The number of ether oxygens (including phenoxy) is 1. The fraction of sp³-hybridized carbons (Fsp3) is 0.0385. The molecular formula is C26H19BF2O3. The first kappa shape index (κ1) is 21.3. The first-order chi connectivity index (χ1) is 15.6. The zero-order valence-corrected chi connectivity index (χ0v) is 17.1. The third-order valence-electron chi connectivity index (χ3n) is 4.91. The molecule has 0 spiro atoms. The summed E-state index contributed by atoms with van der Waals surface area (Å²) in [5.41, 5.74) is 1.94. The molecule has 0 aliphatic rings. The van der Waals surface area contributed by atoms with Crippen LogP contribution in [0.5, 0.6) is 11.5 Å². The van der Waals surface area contributed by atoms with Crippen LogP contribution in [-0.2, 0) is 6.61 Å². The summed E-state index contributed by atoms with van der Waals surface area (Å²) < 4.78 is 36.4. The number of fused-ring (bicyclic) bond motifs is 1. The second-order valence-electron chi connectivity index (χ2n) is 7.08. The predicted octanol–water partition coefficient (Wildman–Crippen LogP) is 6.62. The number of halogens is 2. The summed E-state index contributed by atoms with van der Waals surface area (Å²) in [6.07, 6.45) is 2.98. The zero-order chi connectivity index (χ0) is 22.3. The van der Waals surface area contributed by atoms with Crippen LogP contribution in [0, 0.1) is 0 Å². The van der Waals surface area contributed by atoms with Crippen molar-refractivity contribution >= 4 is 30.1 Å². The highest BCUT2D eigenvalue weighted by Crippen LogP contribution is 2.31. The molecule has 0 radical (unpaired) electrons. The molecule has 0 bridgehead atoms. The van der Waals surface area contributed by atoms with Crippen molar-refractivity contribution in [2.45, 2.75) is 6.61 Å². The van der Waals surface area contributed by atoms with Crippen molar-refractivity contribution in [2.75, 3.05) is 0 Å². The van der Waals surface area contributed by atoms with Gasteiger partial charge in [-0.3, -0.25) is 4.79 Å². The lowest BCUT2D eigenvalue weighted by Crippen LogP contribution is -2.12. The number of ketones is 1. The van der Waals surface area contributed by atoms with Crippen LogP contribution in [0.15, 0.2) is 97.1 Å². The van der Waals surface area contributed by atoms with Crippen molar-refractivity contribution in [1.82, 2.24) is 0 Å². The van der Waals surface area contributed by atoms with E-state index >= 15 is 0 Å². The fourth-order valence-electron chi connectivity index (χ4n) is 3.33. The van der Waals surface area contributed by atoms with Crippen LogP contribution < -0.4 is 9.39 Å². The molecule has 4 aromatic rings. The molecule has 0 atom stereocenters. The molecule has 0 aromatic heterocycles. The maximum absolute atomic E-state index is 13.0. The van der Waals surface area contributed by atoms with Crippen LogP contribution in [0.1, 0.15) is 21.5 Å². The summed E-state index contributed by atoms with van der Waals surface area (Å²) in [6.45, 7) is 0.462. The molecule has 4 aromatic carbocycles. The second-order valence-corrected chi connectivity index (χ2v) is 7.08. The number of rotatable bonds is 8. The molecular weight excluding hydrogens is 409 g/mol. The lowest BCUT2D eigenvalue weighted by Gasteiger charge is -2.11. The van der Waals surface area contributed by atoms with Crippen molar-refractivity contribution in [3.63, 3.8) is 0 Å². The molecule has 0 saturated heterocycles. The van der Waals surface area contributed by atoms with Crippen LogP contribution in [0.3, 0.4) is 0 Å². The average molecular weight is 428 g/mol. The topological polar surface area (TPSA) is 35.5 Å². The van der Waals surface area contributed by atoms with Crippen molar-refractivity contribution in [1.29, 1.82) is 0 Å². The van der Waals surface area contributed by atoms with Crippen molar-refractivity contribution in [3.05, 3.63) is 114 Å². The van der Waals surface area contributed by atoms with E-state index in [0.717, 1.165) is 16.5 Å². The minimum Gasteiger partial charge on any atom is -0.504 e. The van der Waals surface area contributed by atoms with Gasteiger partial charge in [-0.15, -0.1) is 0 Å². The van der Waals surface area contributed by atoms with Crippen LogP contribution in [0.25, 0.3) is 16.8 Å². The first-order valence-corrected chi connectivity index (χ1v) is 10.1. The van der Waals surface area contributed by atoms with Crippen molar-refractivity contribution in [2.24, 2.45) is 0 Å². The van der Waals surface area contributed by atoms with E-state index in [9.17, 15) is 13.4 Å². The number of carbonyl (C=O) groups is 1. The Kier molecular flexibility index (Phi) is 6.61. The Bertz CT molecular complexity index is 1240. The van der Waals surface area contributed by atoms with Crippen LogP contribution >= 0.6 is 0 Å². The van der Waals surface area contributed by atoms with E-state index < -0.39 is 13.3 Å². The van der Waals surface area contributed by atoms with E-state index in [4.69, 9.17) is 9.39 Å². The van der Waals surface area contributed by atoms with Gasteiger partial charge in [0, 0.05) is 5.39 Å². The molecule has 32 heavy (non-hydrogen) atoms. The zero-order valence-electron chi connectivity index (χ0n) is 17.1. The minimum atomic E-state index is -3.03. The van der Waals surface area contributed by atoms with Crippen molar-refractivity contribution in [3.8, 4) is 11.5 Å². The van der Waals surface area contributed by atoms with Gasteiger partial charge in [-0.25, -0.2) is 8.63 Å². The summed E-state index contributed by atoms with van der Waals surface area (Å²) in [6, 6.07) is 27.3. The lowest BCUT2D eigenvalue weighted by molar-refractivity contribution is 0.104. The summed E-state index contributed by atoms with van der Waals surface area (Å²) in [7, 11) is -3.03. The lowest BCUT2D eigenvalue weighted by atomic mass is 10.0. The fourth-order valence-corrected chi connectivity index (χ4v) is 3.33. The molecule has 0 aliphatic carbocycles. The first-order valence-electron chi connectivity index (χ1n) is 10.1. The van der Waals surface area contributed by atoms with Gasteiger partial charge in [0.25, 0.3) is 0 Å². The molecule has 0 aliphatic heterocycles. The van der Waals surface area contributed by atoms with E-state index in [2.05, 4.69) is 0 Å². The van der Waals surface area contributed by atoms with E-state index in [1.54, 1.807) is 36.4 Å². The molecule has 0 fully saturated rings. The summed E-state index contributed by atoms with van der Waals surface area (Å²) in [5.74, 6) is 0.174. The van der Waals surface area contributed by atoms with Gasteiger partial charge in [-0.2, -0.15) is 0 Å². The maximum atomic E-state index is 13.0. The quantitative estimate of drug-likeness (QED) is 0.180. The molecule has 0 unspecified atom stereocenters. The van der Waals surface area contributed by atoms with Gasteiger partial charge >= 0.3 is 7.47 Å². The number of hydrogen-bond donors (Lipinski definition) is 0.